The van der Waals surface area contributed by atoms with Gasteiger partial charge in [-0.1, -0.05) is 28.9 Å². The molecule has 0 fully saturated rings. The summed E-state index contributed by atoms with van der Waals surface area (Å²) < 4.78 is 0.861. The van der Waals surface area contributed by atoms with Gasteiger partial charge in [-0.3, -0.25) is 4.79 Å². The summed E-state index contributed by atoms with van der Waals surface area (Å²) in [5.74, 6) is 0.0280. The Kier molecular flexibility index (Phi) is 10.6. The van der Waals surface area contributed by atoms with E-state index in [2.05, 4.69) is 59.4 Å². The van der Waals surface area contributed by atoms with E-state index in [4.69, 9.17) is 0 Å². The fraction of sp³-hybridized carbons (Fsp3) is 0.650. The van der Waals surface area contributed by atoms with Crippen LogP contribution in [0.5, 0.6) is 0 Å². The molecule has 0 heterocycles. The number of hydrogen-bond acceptors (Lipinski definition) is 1. The number of nitrogens with zero attached hydrogens (tertiary/aromatic N) is 1. The average molecular weight is 322 g/mol. The van der Waals surface area contributed by atoms with Crippen molar-refractivity contribution in [1.82, 2.24) is 5.32 Å². The summed E-state index contributed by atoms with van der Waals surface area (Å²) >= 11 is 0. The van der Waals surface area contributed by atoms with E-state index in [1.165, 1.54) is 11.1 Å². The van der Waals surface area contributed by atoms with E-state index < -0.39 is 0 Å². The lowest BCUT2D eigenvalue weighted by Crippen LogP contribution is -2.41. The fourth-order valence-electron chi connectivity index (χ4n) is 2.10. The van der Waals surface area contributed by atoms with Crippen molar-refractivity contribution in [3.8, 4) is 0 Å². The van der Waals surface area contributed by atoms with Gasteiger partial charge in [0.2, 0.25) is 5.91 Å². The zero-order valence-corrected chi connectivity index (χ0v) is 16.3. The van der Waals surface area contributed by atoms with Gasteiger partial charge in [-0.15, -0.1) is 0 Å². The molecule has 0 aliphatic carbocycles. The van der Waals surface area contributed by atoms with Gasteiger partial charge in [0.1, 0.15) is 0 Å². The Balaban J connectivity index is 4.05. The standard InChI is InChI=1S/C20H36N2O/c1-17(2)10-8-11-18(3)12-9-13-19(4)16-20(23)21-14-15-22(5,6)7/h10,12,16H,8-9,11,13-15H2,1-7H3/p+1/b18-12+,19-16+. The second-order valence-electron chi connectivity index (χ2n) is 7.70. The molecule has 0 atom stereocenters. The largest absolute Gasteiger partial charge is 0.347 e. The first-order valence-corrected chi connectivity index (χ1v) is 8.64. The van der Waals surface area contributed by atoms with E-state index in [0.717, 1.165) is 48.8 Å². The number of carbonyl (C=O) groups excluding carboxylic acids is 1. The highest BCUT2D eigenvalue weighted by Gasteiger charge is 2.06. The summed E-state index contributed by atoms with van der Waals surface area (Å²) in [6.07, 6.45) is 10.5. The molecule has 0 spiro atoms. The molecule has 0 rings (SSSR count). The monoisotopic (exact) mass is 321 g/mol. The van der Waals surface area contributed by atoms with Crippen LogP contribution in [-0.4, -0.2) is 44.6 Å². The highest BCUT2D eigenvalue weighted by atomic mass is 16.1. The molecule has 0 aromatic carbocycles. The van der Waals surface area contributed by atoms with Crippen molar-refractivity contribution in [3.05, 3.63) is 34.9 Å². The first kappa shape index (κ1) is 21.6. The molecule has 0 aromatic rings. The lowest BCUT2D eigenvalue weighted by molar-refractivity contribution is -0.869. The molecule has 0 radical (unpaired) electrons. The van der Waals surface area contributed by atoms with Crippen LogP contribution in [0.1, 0.15) is 53.4 Å². The maximum absolute atomic E-state index is 11.8. The molecule has 0 saturated heterocycles. The average Bonchev–Trinajstić information content (AvgIpc) is 2.36. The van der Waals surface area contributed by atoms with Crippen LogP contribution in [0.15, 0.2) is 34.9 Å². The highest BCUT2D eigenvalue weighted by Crippen LogP contribution is 2.11. The van der Waals surface area contributed by atoms with Crippen LogP contribution < -0.4 is 5.32 Å². The second kappa shape index (κ2) is 11.2. The summed E-state index contributed by atoms with van der Waals surface area (Å²) in [5.41, 5.74) is 3.96. The number of carbonyl (C=O) groups is 1. The number of hydrogen-bond donors (Lipinski definition) is 1. The fourth-order valence-corrected chi connectivity index (χ4v) is 2.10. The molecule has 3 heteroatoms. The smallest absolute Gasteiger partial charge is 0.244 e. The zero-order valence-electron chi connectivity index (χ0n) is 16.3. The van der Waals surface area contributed by atoms with Crippen molar-refractivity contribution in [3.63, 3.8) is 0 Å². The molecule has 23 heavy (non-hydrogen) atoms. The number of allylic oxidation sites excluding steroid dienone is 5. The quantitative estimate of drug-likeness (QED) is 0.364. The molecule has 0 aromatic heterocycles. The van der Waals surface area contributed by atoms with Crippen LogP contribution in [-0.2, 0) is 4.79 Å². The molecule has 0 aliphatic rings. The summed E-state index contributed by atoms with van der Waals surface area (Å²) in [7, 11) is 6.37. The van der Waals surface area contributed by atoms with Gasteiger partial charge in [0.15, 0.2) is 0 Å². The van der Waals surface area contributed by atoms with Gasteiger partial charge in [-0.25, -0.2) is 0 Å². The topological polar surface area (TPSA) is 29.1 Å². The highest BCUT2D eigenvalue weighted by molar-refractivity contribution is 5.88. The van der Waals surface area contributed by atoms with Crippen LogP contribution in [0.2, 0.25) is 0 Å². The van der Waals surface area contributed by atoms with E-state index in [1.54, 1.807) is 6.08 Å². The predicted molar refractivity (Wildman–Crippen MR) is 101 cm³/mol. The zero-order chi connectivity index (χ0) is 17.9. The Bertz CT molecular complexity index is 447. The molecule has 0 aliphatic heterocycles. The lowest BCUT2D eigenvalue weighted by Gasteiger charge is -2.23. The van der Waals surface area contributed by atoms with Crippen molar-refractivity contribution in [1.29, 1.82) is 0 Å². The summed E-state index contributed by atoms with van der Waals surface area (Å²) in [4.78, 5) is 11.8. The van der Waals surface area contributed by atoms with Gasteiger partial charge in [-0.2, -0.15) is 0 Å². The van der Waals surface area contributed by atoms with E-state index in [0.29, 0.717) is 0 Å². The Morgan fingerprint density at radius 1 is 0.913 bits per heavy atom. The van der Waals surface area contributed by atoms with Gasteiger partial charge >= 0.3 is 0 Å². The SMILES string of the molecule is CC(C)=CCC/C(C)=C/CC/C(C)=C/C(=O)NCC[N+](C)(C)C. The van der Waals surface area contributed by atoms with Crippen LogP contribution in [0.4, 0.5) is 0 Å². The number of rotatable bonds is 10. The van der Waals surface area contributed by atoms with E-state index >= 15 is 0 Å². The van der Waals surface area contributed by atoms with Crippen molar-refractivity contribution in [2.45, 2.75) is 53.4 Å². The Morgan fingerprint density at radius 3 is 2.04 bits per heavy atom. The van der Waals surface area contributed by atoms with Crippen LogP contribution in [0, 0.1) is 0 Å². The minimum atomic E-state index is 0.0280. The van der Waals surface area contributed by atoms with Crippen LogP contribution >= 0.6 is 0 Å². The van der Waals surface area contributed by atoms with Crippen molar-refractivity contribution < 1.29 is 9.28 Å². The third-order valence-electron chi connectivity index (χ3n) is 3.58. The molecular formula is C20H37N2O+. The minimum Gasteiger partial charge on any atom is -0.347 e. The molecule has 0 unspecified atom stereocenters. The number of quaternary nitrogens is 1. The molecule has 1 N–H and O–H groups in total. The minimum absolute atomic E-state index is 0.0280. The van der Waals surface area contributed by atoms with Crippen molar-refractivity contribution >= 4 is 5.91 Å². The van der Waals surface area contributed by atoms with E-state index in [1.807, 2.05) is 6.92 Å². The van der Waals surface area contributed by atoms with Crippen molar-refractivity contribution in [2.75, 3.05) is 34.2 Å². The summed E-state index contributed by atoms with van der Waals surface area (Å²) in [5, 5.41) is 2.95. The molecule has 1 amide bonds. The molecular weight excluding hydrogens is 284 g/mol. The summed E-state index contributed by atoms with van der Waals surface area (Å²) in [6.45, 7) is 10.2. The Hall–Kier alpha value is -1.35. The maximum atomic E-state index is 11.8. The maximum Gasteiger partial charge on any atom is 0.244 e. The normalized spacial score (nSPS) is 13.0. The van der Waals surface area contributed by atoms with Gasteiger partial charge in [-0.05, 0) is 53.4 Å². The predicted octanol–water partition coefficient (Wildman–Crippen LogP) is 4.23. The number of likely N-dealkylation sites (N-methyl/N-ethyl adjacent to an activating group) is 1. The van der Waals surface area contributed by atoms with Gasteiger partial charge in [0, 0.05) is 6.08 Å². The number of nitrogens with one attached hydrogen (secondary N) is 1. The molecule has 3 nitrogen and oxygen atoms in total. The van der Waals surface area contributed by atoms with Gasteiger partial charge < -0.3 is 9.80 Å². The first-order valence-electron chi connectivity index (χ1n) is 8.64. The van der Waals surface area contributed by atoms with Gasteiger partial charge in [0.05, 0.1) is 34.2 Å². The van der Waals surface area contributed by atoms with E-state index in [-0.39, 0.29) is 5.91 Å². The molecule has 0 bridgehead atoms. The van der Waals surface area contributed by atoms with Crippen molar-refractivity contribution in [2.24, 2.45) is 0 Å². The van der Waals surface area contributed by atoms with Crippen LogP contribution in [0.3, 0.4) is 0 Å². The third-order valence-corrected chi connectivity index (χ3v) is 3.58. The van der Waals surface area contributed by atoms with Gasteiger partial charge in [0.25, 0.3) is 0 Å². The lowest BCUT2D eigenvalue weighted by atomic mass is 10.1. The number of amides is 1. The Labute approximate surface area is 143 Å². The molecule has 0 saturated carbocycles. The molecule has 132 valence electrons. The first-order chi connectivity index (χ1) is 10.6. The van der Waals surface area contributed by atoms with E-state index in [9.17, 15) is 4.79 Å². The second-order valence-corrected chi connectivity index (χ2v) is 7.70. The van der Waals surface area contributed by atoms with Crippen LogP contribution in [0.25, 0.3) is 0 Å². The Morgan fingerprint density at radius 2 is 1.48 bits per heavy atom. The third kappa shape index (κ3) is 15.3. The summed E-state index contributed by atoms with van der Waals surface area (Å²) in [6, 6.07) is 0.